The molecule has 1 rings (SSSR count). The zero-order chi connectivity index (χ0) is 12.3. The van der Waals surface area contributed by atoms with E-state index in [4.69, 9.17) is 5.11 Å². The van der Waals surface area contributed by atoms with E-state index in [0.717, 1.165) is 6.07 Å². The van der Waals surface area contributed by atoms with Gasteiger partial charge in [-0.2, -0.15) is 0 Å². The van der Waals surface area contributed by atoms with Crippen LogP contribution in [0.1, 0.15) is 12.5 Å². The average molecular weight is 223 g/mol. The van der Waals surface area contributed by atoms with Crippen molar-refractivity contribution in [3.63, 3.8) is 0 Å². The first-order valence-electron chi connectivity index (χ1n) is 4.31. The van der Waals surface area contributed by atoms with Crippen LogP contribution in [0.3, 0.4) is 0 Å². The van der Waals surface area contributed by atoms with Crippen LogP contribution in [0.5, 0.6) is 5.75 Å². The number of nitrogens with zero attached hydrogens (tertiary/aromatic N) is 1. The van der Waals surface area contributed by atoms with Crippen LogP contribution < -0.4 is 0 Å². The number of non-ortho nitro benzene ring substituents is 1. The lowest BCUT2D eigenvalue weighted by molar-refractivity contribution is -0.384. The first kappa shape index (κ1) is 11.7. The average Bonchev–Trinajstić information content (AvgIpc) is 2.20. The summed E-state index contributed by atoms with van der Waals surface area (Å²) >= 11 is 0. The molecule has 6 nitrogen and oxygen atoms in total. The molecule has 0 radical (unpaired) electrons. The molecule has 0 heterocycles. The molecule has 0 fully saturated rings. The minimum atomic E-state index is -1.11. The lowest BCUT2D eigenvalue weighted by Gasteiger charge is -2.00. The Morgan fingerprint density at radius 3 is 2.56 bits per heavy atom. The van der Waals surface area contributed by atoms with Crippen molar-refractivity contribution in [2.75, 3.05) is 0 Å². The summed E-state index contributed by atoms with van der Waals surface area (Å²) in [6.07, 6.45) is 1.24. The van der Waals surface area contributed by atoms with E-state index >= 15 is 0 Å². The highest BCUT2D eigenvalue weighted by Crippen LogP contribution is 2.25. The van der Waals surface area contributed by atoms with Gasteiger partial charge in [-0.25, -0.2) is 4.79 Å². The summed E-state index contributed by atoms with van der Waals surface area (Å²) in [5.74, 6) is -1.44. The third kappa shape index (κ3) is 2.57. The Bertz CT molecular complexity index is 478. The van der Waals surface area contributed by atoms with Crippen molar-refractivity contribution < 1.29 is 19.9 Å². The number of benzene rings is 1. The Labute approximate surface area is 90.6 Å². The number of nitro benzene ring substituents is 1. The molecule has 0 aliphatic rings. The second-order valence-corrected chi connectivity index (χ2v) is 3.13. The van der Waals surface area contributed by atoms with Crippen LogP contribution in [0.4, 0.5) is 5.69 Å². The normalized spacial score (nSPS) is 11.2. The number of hydrogen-bond acceptors (Lipinski definition) is 4. The molecule has 0 amide bonds. The molecule has 84 valence electrons. The van der Waals surface area contributed by atoms with Gasteiger partial charge in [-0.15, -0.1) is 0 Å². The van der Waals surface area contributed by atoms with E-state index in [0.29, 0.717) is 0 Å². The number of rotatable bonds is 3. The third-order valence-electron chi connectivity index (χ3n) is 1.93. The highest BCUT2D eigenvalue weighted by molar-refractivity contribution is 5.91. The Hall–Kier alpha value is -2.37. The number of carboxylic acids is 1. The van der Waals surface area contributed by atoms with Gasteiger partial charge in [0.1, 0.15) is 5.75 Å². The number of phenols is 1. The van der Waals surface area contributed by atoms with Gasteiger partial charge in [0.05, 0.1) is 11.0 Å². The largest absolute Gasteiger partial charge is 0.507 e. The van der Waals surface area contributed by atoms with Crippen molar-refractivity contribution >= 4 is 17.7 Å². The minimum Gasteiger partial charge on any atom is -0.507 e. The number of aromatic hydroxyl groups is 1. The number of hydrogen-bond donors (Lipinski definition) is 2. The molecule has 16 heavy (non-hydrogen) atoms. The maximum Gasteiger partial charge on any atom is 0.331 e. The molecule has 0 aromatic heterocycles. The molecule has 0 spiro atoms. The summed E-state index contributed by atoms with van der Waals surface area (Å²) in [5, 5.41) is 28.4. The first-order valence-corrected chi connectivity index (χ1v) is 4.31. The molecule has 2 N–H and O–H groups in total. The lowest BCUT2D eigenvalue weighted by atomic mass is 10.1. The van der Waals surface area contributed by atoms with Crippen molar-refractivity contribution in [1.82, 2.24) is 0 Å². The number of aliphatic carboxylic acids is 1. The number of nitro groups is 1. The summed E-state index contributed by atoms with van der Waals surface area (Å²) in [6.45, 7) is 1.36. The van der Waals surface area contributed by atoms with E-state index in [2.05, 4.69) is 0 Å². The maximum absolute atomic E-state index is 10.5. The van der Waals surface area contributed by atoms with Gasteiger partial charge in [0, 0.05) is 17.2 Å². The quantitative estimate of drug-likeness (QED) is 0.462. The zero-order valence-corrected chi connectivity index (χ0v) is 8.38. The summed E-state index contributed by atoms with van der Waals surface area (Å²) in [6, 6.07) is 3.46. The van der Waals surface area contributed by atoms with E-state index in [9.17, 15) is 20.0 Å². The molecule has 0 aliphatic carbocycles. The number of carbonyl (C=O) groups is 1. The van der Waals surface area contributed by atoms with Gasteiger partial charge in [0.25, 0.3) is 5.69 Å². The van der Waals surface area contributed by atoms with Crippen LogP contribution >= 0.6 is 0 Å². The van der Waals surface area contributed by atoms with E-state index in [1.54, 1.807) is 0 Å². The van der Waals surface area contributed by atoms with Crippen molar-refractivity contribution in [3.8, 4) is 5.75 Å². The predicted octanol–water partition coefficient (Wildman–Crippen LogP) is 1.79. The SMILES string of the molecule is CC(=Cc1ccc([N+](=O)[O-])cc1O)C(=O)O. The van der Waals surface area contributed by atoms with Crippen molar-refractivity contribution in [3.05, 3.63) is 39.4 Å². The van der Waals surface area contributed by atoms with Crippen LogP contribution in [0.15, 0.2) is 23.8 Å². The summed E-state index contributed by atoms with van der Waals surface area (Å²) in [5.41, 5.74) is 0.0114. The summed E-state index contributed by atoms with van der Waals surface area (Å²) < 4.78 is 0. The standard InChI is InChI=1S/C10H9NO5/c1-6(10(13)14)4-7-2-3-8(11(15)16)5-9(7)12/h2-5,12H,1H3,(H,13,14). The summed E-state index contributed by atoms with van der Waals surface area (Å²) in [4.78, 5) is 20.3. The Kier molecular flexibility index (Phi) is 3.24. The van der Waals surface area contributed by atoms with Crippen LogP contribution in [0, 0.1) is 10.1 Å². The van der Waals surface area contributed by atoms with Crippen LogP contribution in [-0.4, -0.2) is 21.1 Å². The van der Waals surface area contributed by atoms with Gasteiger partial charge < -0.3 is 10.2 Å². The van der Waals surface area contributed by atoms with Gasteiger partial charge in [-0.05, 0) is 19.1 Å². The van der Waals surface area contributed by atoms with Crippen molar-refractivity contribution in [2.24, 2.45) is 0 Å². The van der Waals surface area contributed by atoms with Crippen LogP contribution in [-0.2, 0) is 4.79 Å². The minimum absolute atomic E-state index is 0.0316. The van der Waals surface area contributed by atoms with Crippen LogP contribution in [0.25, 0.3) is 6.08 Å². The smallest absolute Gasteiger partial charge is 0.331 e. The maximum atomic E-state index is 10.5. The Morgan fingerprint density at radius 1 is 1.50 bits per heavy atom. The molecule has 1 aromatic rings. The van der Waals surface area contributed by atoms with Gasteiger partial charge in [-0.3, -0.25) is 10.1 Å². The van der Waals surface area contributed by atoms with E-state index < -0.39 is 10.9 Å². The second-order valence-electron chi connectivity index (χ2n) is 3.13. The van der Waals surface area contributed by atoms with Gasteiger partial charge in [0.2, 0.25) is 0 Å². The predicted molar refractivity (Wildman–Crippen MR) is 56.0 cm³/mol. The molecule has 6 heteroatoms. The molecule has 0 saturated carbocycles. The number of carboxylic acid groups (broad SMARTS) is 1. The fraction of sp³-hybridized carbons (Fsp3) is 0.100. The molecule has 0 unspecified atom stereocenters. The Morgan fingerprint density at radius 2 is 2.12 bits per heavy atom. The van der Waals surface area contributed by atoms with Crippen molar-refractivity contribution in [1.29, 1.82) is 0 Å². The zero-order valence-electron chi connectivity index (χ0n) is 8.38. The molecule has 0 saturated heterocycles. The van der Waals surface area contributed by atoms with E-state index in [1.807, 2.05) is 0 Å². The molecular formula is C10H9NO5. The first-order chi connectivity index (χ1) is 7.41. The lowest BCUT2D eigenvalue weighted by Crippen LogP contribution is -1.95. The Balaban J connectivity index is 3.14. The molecular weight excluding hydrogens is 214 g/mol. The van der Waals surface area contributed by atoms with Gasteiger partial charge in [0.15, 0.2) is 0 Å². The number of phenolic OH excluding ortho intramolecular Hbond substituents is 1. The topological polar surface area (TPSA) is 101 Å². The van der Waals surface area contributed by atoms with Crippen LogP contribution in [0.2, 0.25) is 0 Å². The monoisotopic (exact) mass is 223 g/mol. The summed E-state index contributed by atoms with van der Waals surface area (Å²) in [7, 11) is 0. The van der Waals surface area contributed by atoms with E-state index in [-0.39, 0.29) is 22.6 Å². The fourth-order valence-electron chi connectivity index (χ4n) is 1.06. The fourth-order valence-corrected chi connectivity index (χ4v) is 1.06. The molecule has 1 aromatic carbocycles. The van der Waals surface area contributed by atoms with Gasteiger partial charge >= 0.3 is 5.97 Å². The third-order valence-corrected chi connectivity index (χ3v) is 1.93. The second kappa shape index (κ2) is 4.43. The molecule has 0 atom stereocenters. The molecule has 0 aliphatic heterocycles. The highest BCUT2D eigenvalue weighted by Gasteiger charge is 2.09. The molecule has 0 bridgehead atoms. The van der Waals surface area contributed by atoms with Crippen molar-refractivity contribution in [2.45, 2.75) is 6.92 Å². The van der Waals surface area contributed by atoms with E-state index in [1.165, 1.54) is 25.1 Å². The highest BCUT2D eigenvalue weighted by atomic mass is 16.6. The van der Waals surface area contributed by atoms with Gasteiger partial charge in [-0.1, -0.05) is 0 Å².